The van der Waals surface area contributed by atoms with Crippen LogP contribution >= 0.6 is 0 Å². The van der Waals surface area contributed by atoms with E-state index in [9.17, 15) is 0 Å². The van der Waals surface area contributed by atoms with E-state index in [0.717, 1.165) is 38.5 Å². The van der Waals surface area contributed by atoms with Crippen LogP contribution in [0.15, 0.2) is 12.2 Å². The predicted molar refractivity (Wildman–Crippen MR) is 51.0 cm³/mol. The highest BCUT2D eigenvalue weighted by atomic mass is 16.3. The van der Waals surface area contributed by atoms with Gasteiger partial charge in [0.1, 0.15) is 0 Å². The van der Waals surface area contributed by atoms with Gasteiger partial charge in [0, 0.05) is 13.2 Å². The fraction of sp³-hybridized carbons (Fsp3) is 0.800. The minimum Gasteiger partial charge on any atom is -0.396 e. The van der Waals surface area contributed by atoms with Crippen molar-refractivity contribution in [2.75, 3.05) is 13.2 Å². The van der Waals surface area contributed by atoms with Crippen molar-refractivity contribution in [3.63, 3.8) is 0 Å². The van der Waals surface area contributed by atoms with Gasteiger partial charge in [0.25, 0.3) is 0 Å². The first kappa shape index (κ1) is 11.7. The summed E-state index contributed by atoms with van der Waals surface area (Å²) in [6.07, 6.45) is 10.4. The second kappa shape index (κ2) is 10.7. The van der Waals surface area contributed by atoms with Crippen molar-refractivity contribution in [1.29, 1.82) is 0 Å². The normalized spacial score (nSPS) is 11.2. The number of hydrogen-bond acceptors (Lipinski definition) is 2. The van der Waals surface area contributed by atoms with Crippen LogP contribution in [0.2, 0.25) is 0 Å². The average Bonchev–Trinajstić information content (AvgIpc) is 2.10. The van der Waals surface area contributed by atoms with Crippen molar-refractivity contribution in [2.45, 2.75) is 38.5 Å². The topological polar surface area (TPSA) is 40.5 Å². The molecule has 0 bridgehead atoms. The summed E-state index contributed by atoms with van der Waals surface area (Å²) in [4.78, 5) is 0. The molecule has 0 aromatic heterocycles. The molecule has 0 saturated heterocycles. The van der Waals surface area contributed by atoms with E-state index in [0.29, 0.717) is 6.61 Å². The van der Waals surface area contributed by atoms with Gasteiger partial charge in [-0.25, -0.2) is 0 Å². The highest BCUT2D eigenvalue weighted by Crippen LogP contribution is 2.00. The molecule has 0 saturated carbocycles. The number of rotatable bonds is 8. The van der Waals surface area contributed by atoms with Crippen LogP contribution in [-0.4, -0.2) is 23.4 Å². The molecule has 0 aliphatic rings. The molecule has 2 N–H and O–H groups in total. The van der Waals surface area contributed by atoms with E-state index in [1.165, 1.54) is 0 Å². The Morgan fingerprint density at radius 2 is 1.25 bits per heavy atom. The summed E-state index contributed by atoms with van der Waals surface area (Å²) in [5.41, 5.74) is 0. The summed E-state index contributed by atoms with van der Waals surface area (Å²) < 4.78 is 0. The molecule has 0 fully saturated rings. The lowest BCUT2D eigenvalue weighted by molar-refractivity contribution is 0.283. The molecule has 0 aliphatic heterocycles. The number of aliphatic hydroxyl groups is 2. The van der Waals surface area contributed by atoms with Crippen LogP contribution < -0.4 is 0 Å². The van der Waals surface area contributed by atoms with Crippen LogP contribution in [0.3, 0.4) is 0 Å². The lowest BCUT2D eigenvalue weighted by atomic mass is 10.2. The Morgan fingerprint density at radius 3 is 1.83 bits per heavy atom. The zero-order chi connectivity index (χ0) is 9.07. The quantitative estimate of drug-likeness (QED) is 0.433. The Bertz CT molecular complexity index is 100. The molecule has 0 rings (SSSR count). The Balaban J connectivity index is 2.92. The van der Waals surface area contributed by atoms with E-state index in [-0.39, 0.29) is 6.61 Å². The lowest BCUT2D eigenvalue weighted by Gasteiger charge is -1.93. The second-order valence-electron chi connectivity index (χ2n) is 2.91. The van der Waals surface area contributed by atoms with Crippen LogP contribution in [0, 0.1) is 0 Å². The molecule has 0 aromatic carbocycles. The molecular weight excluding hydrogens is 152 g/mol. The number of hydrogen-bond donors (Lipinski definition) is 2. The van der Waals surface area contributed by atoms with E-state index >= 15 is 0 Å². The molecule has 2 nitrogen and oxygen atoms in total. The zero-order valence-corrected chi connectivity index (χ0v) is 7.71. The summed E-state index contributed by atoms with van der Waals surface area (Å²) in [6, 6.07) is 0. The first-order valence-electron chi connectivity index (χ1n) is 4.78. The highest BCUT2D eigenvalue weighted by Gasteiger charge is 1.84. The fourth-order valence-electron chi connectivity index (χ4n) is 0.996. The average molecular weight is 172 g/mol. The van der Waals surface area contributed by atoms with Crippen molar-refractivity contribution in [1.82, 2.24) is 0 Å². The molecule has 0 radical (unpaired) electrons. The minimum absolute atomic E-state index is 0.287. The van der Waals surface area contributed by atoms with Crippen molar-refractivity contribution < 1.29 is 10.2 Å². The van der Waals surface area contributed by atoms with Crippen molar-refractivity contribution in [2.24, 2.45) is 0 Å². The summed E-state index contributed by atoms with van der Waals surface area (Å²) in [5, 5.41) is 17.0. The van der Waals surface area contributed by atoms with Gasteiger partial charge in [0.15, 0.2) is 0 Å². The van der Waals surface area contributed by atoms with Crippen LogP contribution in [-0.2, 0) is 0 Å². The molecule has 0 spiro atoms. The molecule has 0 aliphatic carbocycles. The third-order valence-corrected chi connectivity index (χ3v) is 1.72. The number of unbranched alkanes of at least 4 members (excludes halogenated alkanes) is 4. The lowest BCUT2D eigenvalue weighted by Crippen LogP contribution is -1.82. The standard InChI is InChI=1S/C10H20O2/c11-9-7-5-3-1-2-4-6-8-10-12/h1,3,11-12H,2,4-10H2/b3-1-. The van der Waals surface area contributed by atoms with Gasteiger partial charge in [0.2, 0.25) is 0 Å². The van der Waals surface area contributed by atoms with Gasteiger partial charge in [-0.15, -0.1) is 0 Å². The molecule has 0 amide bonds. The monoisotopic (exact) mass is 172 g/mol. The first-order chi connectivity index (χ1) is 5.91. The summed E-state index contributed by atoms with van der Waals surface area (Å²) in [6.45, 7) is 0.600. The Kier molecular flexibility index (Phi) is 10.4. The van der Waals surface area contributed by atoms with E-state index in [4.69, 9.17) is 10.2 Å². The van der Waals surface area contributed by atoms with Gasteiger partial charge in [-0.1, -0.05) is 18.6 Å². The third-order valence-electron chi connectivity index (χ3n) is 1.72. The van der Waals surface area contributed by atoms with Gasteiger partial charge >= 0.3 is 0 Å². The van der Waals surface area contributed by atoms with Crippen LogP contribution in [0.25, 0.3) is 0 Å². The van der Waals surface area contributed by atoms with Gasteiger partial charge in [-0.3, -0.25) is 0 Å². The van der Waals surface area contributed by atoms with Crippen LogP contribution in [0.4, 0.5) is 0 Å². The van der Waals surface area contributed by atoms with Crippen molar-refractivity contribution >= 4 is 0 Å². The minimum atomic E-state index is 0.287. The first-order valence-corrected chi connectivity index (χ1v) is 4.78. The largest absolute Gasteiger partial charge is 0.396 e. The number of aliphatic hydroxyl groups excluding tert-OH is 2. The molecule has 0 unspecified atom stereocenters. The van der Waals surface area contributed by atoms with Gasteiger partial charge in [0.05, 0.1) is 0 Å². The fourth-order valence-corrected chi connectivity index (χ4v) is 0.996. The van der Waals surface area contributed by atoms with Crippen LogP contribution in [0.1, 0.15) is 38.5 Å². The van der Waals surface area contributed by atoms with Crippen molar-refractivity contribution in [3.8, 4) is 0 Å². The molecule has 12 heavy (non-hydrogen) atoms. The summed E-state index contributed by atoms with van der Waals surface area (Å²) in [7, 11) is 0. The third kappa shape index (κ3) is 9.66. The maximum Gasteiger partial charge on any atom is 0.0433 e. The van der Waals surface area contributed by atoms with Crippen LogP contribution in [0.5, 0.6) is 0 Å². The Hall–Kier alpha value is -0.340. The SMILES string of the molecule is OCCC/C=C\CCCCCO. The molecule has 0 heterocycles. The molecule has 0 aromatic rings. The summed E-state index contributed by atoms with van der Waals surface area (Å²) >= 11 is 0. The van der Waals surface area contributed by atoms with E-state index in [1.807, 2.05) is 0 Å². The molecule has 0 atom stereocenters. The summed E-state index contributed by atoms with van der Waals surface area (Å²) in [5.74, 6) is 0. The maximum atomic E-state index is 8.49. The molecule has 2 heteroatoms. The van der Waals surface area contributed by atoms with Gasteiger partial charge < -0.3 is 10.2 Å². The van der Waals surface area contributed by atoms with E-state index < -0.39 is 0 Å². The smallest absolute Gasteiger partial charge is 0.0433 e. The highest BCUT2D eigenvalue weighted by molar-refractivity contribution is 4.81. The Morgan fingerprint density at radius 1 is 0.667 bits per heavy atom. The molecule has 72 valence electrons. The van der Waals surface area contributed by atoms with Crippen molar-refractivity contribution in [3.05, 3.63) is 12.2 Å². The van der Waals surface area contributed by atoms with Gasteiger partial charge in [-0.05, 0) is 32.1 Å². The maximum absolute atomic E-state index is 8.49. The predicted octanol–water partition coefficient (Wildman–Crippen LogP) is 1.87. The second-order valence-corrected chi connectivity index (χ2v) is 2.91. The zero-order valence-electron chi connectivity index (χ0n) is 7.71. The Labute approximate surface area is 74.9 Å². The van der Waals surface area contributed by atoms with Gasteiger partial charge in [-0.2, -0.15) is 0 Å². The van der Waals surface area contributed by atoms with E-state index in [2.05, 4.69) is 12.2 Å². The number of allylic oxidation sites excluding steroid dienone is 2. The molecular formula is C10H20O2. The van der Waals surface area contributed by atoms with E-state index in [1.54, 1.807) is 0 Å².